The van der Waals surface area contributed by atoms with E-state index in [1.807, 2.05) is 31.2 Å². The molecule has 0 fully saturated rings. The summed E-state index contributed by atoms with van der Waals surface area (Å²) < 4.78 is 10.3. The normalized spacial score (nSPS) is 16.7. The summed E-state index contributed by atoms with van der Waals surface area (Å²) >= 11 is 0. The molecule has 26 heavy (non-hydrogen) atoms. The van der Waals surface area contributed by atoms with Crippen LogP contribution in [0.25, 0.3) is 0 Å². The second-order valence-electron chi connectivity index (χ2n) is 6.32. The van der Waals surface area contributed by atoms with Crippen LogP contribution in [0.1, 0.15) is 29.8 Å². The molecule has 0 saturated heterocycles. The highest BCUT2D eigenvalue weighted by molar-refractivity contribution is 6.01. The summed E-state index contributed by atoms with van der Waals surface area (Å²) in [5.74, 6) is -0.880. The fourth-order valence-electron chi connectivity index (χ4n) is 3.18. The molecule has 1 N–H and O–H groups in total. The molecular formula is C20H21NO5. The Labute approximate surface area is 152 Å². The Morgan fingerprint density at radius 2 is 1.96 bits per heavy atom. The maximum atomic E-state index is 12.8. The Bertz CT molecular complexity index is 848. The quantitative estimate of drug-likeness (QED) is 0.854. The van der Waals surface area contributed by atoms with Gasteiger partial charge in [0.2, 0.25) is 0 Å². The van der Waals surface area contributed by atoms with Crippen LogP contribution in [0.5, 0.6) is 11.5 Å². The lowest BCUT2D eigenvalue weighted by Gasteiger charge is -2.26. The second-order valence-corrected chi connectivity index (χ2v) is 6.32. The first-order chi connectivity index (χ1) is 12.4. The fraction of sp³-hybridized carbons (Fsp3) is 0.300. The summed E-state index contributed by atoms with van der Waals surface area (Å²) in [6.07, 6.45) is -0.209. The van der Waals surface area contributed by atoms with Crippen LogP contribution in [0.3, 0.4) is 0 Å². The summed E-state index contributed by atoms with van der Waals surface area (Å²) in [6, 6.07) is 12.0. The molecule has 1 aliphatic rings. The molecule has 2 aromatic rings. The number of fused-ring (bicyclic) bond motifs is 1. The molecule has 6 heteroatoms. The lowest BCUT2D eigenvalue weighted by Crippen LogP contribution is -2.43. The smallest absolute Gasteiger partial charge is 0.342 e. The summed E-state index contributed by atoms with van der Waals surface area (Å²) in [6.45, 7) is 3.50. The molecule has 1 heterocycles. The average Bonchev–Trinajstić information content (AvgIpc) is 2.96. The first-order valence-corrected chi connectivity index (χ1v) is 8.41. The number of aromatic hydroxyl groups is 1. The number of hydrogen-bond acceptors (Lipinski definition) is 5. The Morgan fingerprint density at radius 1 is 1.23 bits per heavy atom. The number of rotatable bonds is 4. The first-order valence-electron chi connectivity index (χ1n) is 8.41. The number of phenolic OH excluding ortho intramolecular Hbond substituents is 1. The number of carbonyl (C=O) groups excluding carboxylic acids is 2. The van der Waals surface area contributed by atoms with E-state index in [0.717, 1.165) is 17.7 Å². The van der Waals surface area contributed by atoms with Crippen molar-refractivity contribution in [2.24, 2.45) is 0 Å². The van der Waals surface area contributed by atoms with E-state index < -0.39 is 12.1 Å². The monoisotopic (exact) mass is 355 g/mol. The van der Waals surface area contributed by atoms with Gasteiger partial charge in [-0.2, -0.15) is 0 Å². The van der Waals surface area contributed by atoms with Crippen LogP contribution in [-0.2, 0) is 16.0 Å². The van der Waals surface area contributed by atoms with Gasteiger partial charge < -0.3 is 19.5 Å². The molecule has 0 spiro atoms. The van der Waals surface area contributed by atoms with Crippen molar-refractivity contribution in [3.63, 3.8) is 0 Å². The van der Waals surface area contributed by atoms with Crippen LogP contribution in [0.4, 0.5) is 5.69 Å². The Morgan fingerprint density at radius 3 is 2.65 bits per heavy atom. The van der Waals surface area contributed by atoms with E-state index in [0.29, 0.717) is 5.75 Å². The van der Waals surface area contributed by atoms with E-state index in [9.17, 15) is 14.7 Å². The van der Waals surface area contributed by atoms with Gasteiger partial charge in [-0.15, -0.1) is 0 Å². The molecule has 0 radical (unpaired) electrons. The van der Waals surface area contributed by atoms with Crippen molar-refractivity contribution in [3.05, 3.63) is 53.6 Å². The molecule has 0 aliphatic carbocycles. The number of amides is 1. The molecule has 6 nitrogen and oxygen atoms in total. The van der Waals surface area contributed by atoms with Crippen molar-refractivity contribution >= 4 is 17.6 Å². The third-order valence-corrected chi connectivity index (χ3v) is 4.50. The number of para-hydroxylation sites is 1. The molecule has 1 aliphatic heterocycles. The minimum atomic E-state index is -0.974. The topological polar surface area (TPSA) is 76.1 Å². The van der Waals surface area contributed by atoms with Gasteiger partial charge in [0, 0.05) is 17.8 Å². The highest BCUT2D eigenvalue weighted by Gasteiger charge is 2.34. The Balaban J connectivity index is 1.75. The van der Waals surface area contributed by atoms with Gasteiger partial charge >= 0.3 is 5.97 Å². The highest BCUT2D eigenvalue weighted by atomic mass is 16.5. The van der Waals surface area contributed by atoms with Crippen LogP contribution < -0.4 is 9.64 Å². The summed E-state index contributed by atoms with van der Waals surface area (Å²) in [7, 11) is 1.46. The molecule has 0 aromatic heterocycles. The van der Waals surface area contributed by atoms with E-state index in [1.165, 1.54) is 26.2 Å². The van der Waals surface area contributed by atoms with Crippen molar-refractivity contribution in [1.29, 1.82) is 0 Å². The third kappa shape index (κ3) is 3.22. The number of nitrogens with zero attached hydrogens (tertiary/aromatic N) is 1. The van der Waals surface area contributed by atoms with E-state index in [2.05, 4.69) is 0 Å². The second kappa shape index (κ2) is 7.07. The number of esters is 1. The largest absolute Gasteiger partial charge is 0.507 e. The zero-order valence-electron chi connectivity index (χ0n) is 14.9. The lowest BCUT2D eigenvalue weighted by atomic mass is 10.1. The van der Waals surface area contributed by atoms with Crippen molar-refractivity contribution in [3.8, 4) is 11.5 Å². The van der Waals surface area contributed by atoms with Crippen molar-refractivity contribution < 1.29 is 24.2 Å². The van der Waals surface area contributed by atoms with Gasteiger partial charge in [0.25, 0.3) is 5.91 Å². The van der Waals surface area contributed by atoms with E-state index in [1.54, 1.807) is 11.0 Å². The van der Waals surface area contributed by atoms with Crippen LogP contribution in [0.15, 0.2) is 42.5 Å². The van der Waals surface area contributed by atoms with Gasteiger partial charge in [-0.25, -0.2) is 4.79 Å². The van der Waals surface area contributed by atoms with E-state index >= 15 is 0 Å². The molecule has 136 valence electrons. The molecule has 2 atom stereocenters. The van der Waals surface area contributed by atoms with Crippen LogP contribution in [0, 0.1) is 0 Å². The predicted octanol–water partition coefficient (Wildman–Crippen LogP) is 2.92. The molecule has 2 aromatic carbocycles. The minimum Gasteiger partial charge on any atom is -0.507 e. The SMILES string of the molecule is COc1ccc(C(=O)O[C@@H](C)C(=O)N2c3ccccc3C[C@@H]2C)c(O)c1. The lowest BCUT2D eigenvalue weighted by molar-refractivity contribution is -0.126. The summed E-state index contributed by atoms with van der Waals surface area (Å²) in [4.78, 5) is 26.8. The number of ether oxygens (including phenoxy) is 2. The summed E-state index contributed by atoms with van der Waals surface area (Å²) in [5.41, 5.74) is 1.93. The van der Waals surface area contributed by atoms with E-state index in [4.69, 9.17) is 9.47 Å². The highest BCUT2D eigenvalue weighted by Crippen LogP contribution is 2.32. The number of methoxy groups -OCH3 is 1. The summed E-state index contributed by atoms with van der Waals surface area (Å²) in [5, 5.41) is 9.95. The zero-order valence-corrected chi connectivity index (χ0v) is 14.9. The average molecular weight is 355 g/mol. The maximum Gasteiger partial charge on any atom is 0.342 e. The van der Waals surface area contributed by atoms with E-state index in [-0.39, 0.29) is 23.3 Å². The molecule has 3 rings (SSSR count). The number of benzene rings is 2. The third-order valence-electron chi connectivity index (χ3n) is 4.50. The number of hydrogen-bond donors (Lipinski definition) is 1. The number of carbonyl (C=O) groups is 2. The zero-order chi connectivity index (χ0) is 18.8. The van der Waals surface area contributed by atoms with Gasteiger partial charge in [-0.1, -0.05) is 18.2 Å². The van der Waals surface area contributed by atoms with Gasteiger partial charge in [0.1, 0.15) is 17.1 Å². The molecule has 0 bridgehead atoms. The van der Waals surface area contributed by atoms with Crippen LogP contribution in [-0.4, -0.2) is 36.2 Å². The van der Waals surface area contributed by atoms with Crippen molar-refractivity contribution in [2.45, 2.75) is 32.4 Å². The number of phenols is 1. The van der Waals surface area contributed by atoms with Crippen LogP contribution in [0.2, 0.25) is 0 Å². The van der Waals surface area contributed by atoms with Gasteiger partial charge in [-0.3, -0.25) is 4.79 Å². The van der Waals surface area contributed by atoms with Gasteiger partial charge in [0.15, 0.2) is 6.10 Å². The van der Waals surface area contributed by atoms with Gasteiger partial charge in [-0.05, 0) is 44.0 Å². The fourth-order valence-corrected chi connectivity index (χ4v) is 3.18. The molecule has 0 unspecified atom stereocenters. The van der Waals surface area contributed by atoms with Crippen molar-refractivity contribution in [1.82, 2.24) is 0 Å². The number of anilines is 1. The Hall–Kier alpha value is -3.02. The maximum absolute atomic E-state index is 12.8. The van der Waals surface area contributed by atoms with Gasteiger partial charge in [0.05, 0.1) is 7.11 Å². The van der Waals surface area contributed by atoms with Crippen LogP contribution >= 0.6 is 0 Å². The first kappa shape index (κ1) is 17.8. The predicted molar refractivity (Wildman–Crippen MR) is 96.6 cm³/mol. The molecule has 1 amide bonds. The Kier molecular flexibility index (Phi) is 4.84. The molecule has 0 saturated carbocycles. The standard InChI is InChI=1S/C20H21NO5/c1-12-10-14-6-4-5-7-17(14)21(12)19(23)13(2)26-20(24)16-9-8-15(25-3)11-18(16)22/h4-9,11-13,22H,10H2,1-3H3/t12-,13-/m0/s1. The van der Waals surface area contributed by atoms with Crippen molar-refractivity contribution in [2.75, 3.05) is 12.0 Å². The molecular weight excluding hydrogens is 334 g/mol. The minimum absolute atomic E-state index is 0.00422.